The minimum absolute atomic E-state index is 0.149. The molecule has 1 fully saturated rings. The quantitative estimate of drug-likeness (QED) is 0.562. The van der Waals surface area contributed by atoms with Gasteiger partial charge in [0.15, 0.2) is 17.3 Å². The number of hydrogen-bond acceptors (Lipinski definition) is 5. The summed E-state index contributed by atoms with van der Waals surface area (Å²) in [5.41, 5.74) is -0.322. The molecule has 5 nitrogen and oxygen atoms in total. The molecule has 2 rings (SSSR count). The van der Waals surface area contributed by atoms with E-state index in [2.05, 4.69) is 0 Å². The smallest absolute Gasteiger partial charge is 0.176 e. The van der Waals surface area contributed by atoms with Gasteiger partial charge in [-0.15, -0.1) is 0 Å². The van der Waals surface area contributed by atoms with Crippen LogP contribution < -0.4 is 0 Å². The minimum atomic E-state index is -0.674. The van der Waals surface area contributed by atoms with Crippen molar-refractivity contribution >= 4 is 5.78 Å². The van der Waals surface area contributed by atoms with Crippen LogP contribution in [0, 0.1) is 0 Å². The largest absolute Gasteiger partial charge is 0.504 e. The van der Waals surface area contributed by atoms with Crippen LogP contribution in [0.2, 0.25) is 0 Å². The van der Waals surface area contributed by atoms with Crippen LogP contribution in [0.25, 0.3) is 0 Å². The van der Waals surface area contributed by atoms with Crippen molar-refractivity contribution in [1.29, 1.82) is 0 Å². The lowest BCUT2D eigenvalue weighted by Crippen LogP contribution is -2.41. The highest BCUT2D eigenvalue weighted by Gasteiger charge is 2.32. The van der Waals surface area contributed by atoms with Crippen LogP contribution in [0.1, 0.15) is 36.0 Å². The van der Waals surface area contributed by atoms with E-state index < -0.39 is 5.60 Å². The summed E-state index contributed by atoms with van der Waals surface area (Å²) in [4.78, 5) is 13.9. The summed E-state index contributed by atoms with van der Waals surface area (Å²) >= 11 is 0. The van der Waals surface area contributed by atoms with Crippen LogP contribution in [-0.2, 0) is 0 Å². The number of phenolic OH excluding ortho intramolecular Hbond substituents is 2. The van der Waals surface area contributed by atoms with Gasteiger partial charge < -0.3 is 15.3 Å². The van der Waals surface area contributed by atoms with Crippen molar-refractivity contribution in [2.75, 3.05) is 20.1 Å². The number of ketones is 1. The molecule has 0 aliphatic heterocycles. The molecule has 1 aliphatic carbocycles. The standard InChI is InChI=1S/C15H21NO4/c1-16(10-15(20)6-2-3-7-15)9-14(19)11-4-5-12(17)13(18)8-11/h4-5,8,17-18,20H,2-3,6-7,9-10H2,1H3. The Morgan fingerprint density at radius 3 is 2.50 bits per heavy atom. The fourth-order valence-corrected chi connectivity index (χ4v) is 2.78. The Bertz CT molecular complexity index is 495. The van der Waals surface area contributed by atoms with Gasteiger partial charge in [-0.05, 0) is 38.1 Å². The zero-order valence-electron chi connectivity index (χ0n) is 11.7. The van der Waals surface area contributed by atoms with Crippen LogP contribution in [0.15, 0.2) is 18.2 Å². The molecule has 0 saturated heterocycles. The maximum absolute atomic E-state index is 12.1. The van der Waals surface area contributed by atoms with E-state index in [0.29, 0.717) is 12.1 Å². The van der Waals surface area contributed by atoms with Crippen LogP contribution >= 0.6 is 0 Å². The number of carbonyl (C=O) groups excluding carboxylic acids is 1. The Morgan fingerprint density at radius 1 is 1.25 bits per heavy atom. The number of rotatable bonds is 5. The summed E-state index contributed by atoms with van der Waals surface area (Å²) in [7, 11) is 1.80. The number of carbonyl (C=O) groups is 1. The summed E-state index contributed by atoms with van der Waals surface area (Å²) in [5.74, 6) is -0.688. The van der Waals surface area contributed by atoms with E-state index >= 15 is 0 Å². The maximum Gasteiger partial charge on any atom is 0.176 e. The Labute approximate surface area is 118 Å². The molecule has 1 aliphatic rings. The Kier molecular flexibility index (Phi) is 4.30. The molecule has 0 amide bonds. The van der Waals surface area contributed by atoms with Crippen molar-refractivity contribution in [1.82, 2.24) is 4.90 Å². The number of benzene rings is 1. The number of hydrogen-bond donors (Lipinski definition) is 3. The normalized spacial score (nSPS) is 17.6. The fraction of sp³-hybridized carbons (Fsp3) is 0.533. The SMILES string of the molecule is CN(CC(=O)c1ccc(O)c(O)c1)CC1(O)CCCC1. The molecule has 0 heterocycles. The molecular formula is C15H21NO4. The third-order valence-corrected chi connectivity index (χ3v) is 3.81. The van der Waals surface area contributed by atoms with Gasteiger partial charge in [-0.25, -0.2) is 0 Å². The second kappa shape index (κ2) is 5.81. The third kappa shape index (κ3) is 3.49. The second-order valence-corrected chi connectivity index (χ2v) is 5.73. The van der Waals surface area contributed by atoms with E-state index in [4.69, 9.17) is 0 Å². The van der Waals surface area contributed by atoms with Gasteiger partial charge in [-0.2, -0.15) is 0 Å². The molecule has 0 bridgehead atoms. The Morgan fingerprint density at radius 2 is 1.90 bits per heavy atom. The first-order valence-corrected chi connectivity index (χ1v) is 6.86. The van der Waals surface area contributed by atoms with Crippen molar-refractivity contribution in [3.05, 3.63) is 23.8 Å². The van der Waals surface area contributed by atoms with E-state index in [1.165, 1.54) is 18.2 Å². The van der Waals surface area contributed by atoms with Crippen LogP contribution in [-0.4, -0.2) is 51.7 Å². The average Bonchev–Trinajstić information content (AvgIpc) is 2.78. The summed E-state index contributed by atoms with van der Waals surface area (Å²) in [5, 5.41) is 28.9. The molecule has 3 N–H and O–H groups in total. The van der Waals surface area contributed by atoms with E-state index in [1.54, 1.807) is 11.9 Å². The summed E-state index contributed by atoms with van der Waals surface area (Å²) < 4.78 is 0. The fourth-order valence-electron chi connectivity index (χ4n) is 2.78. The van der Waals surface area contributed by atoms with Crippen LogP contribution in [0.5, 0.6) is 11.5 Å². The van der Waals surface area contributed by atoms with Crippen molar-refractivity contribution in [3.63, 3.8) is 0 Å². The maximum atomic E-state index is 12.1. The van der Waals surface area contributed by atoms with E-state index in [1.807, 2.05) is 0 Å². The first-order chi connectivity index (χ1) is 9.39. The van der Waals surface area contributed by atoms with Gasteiger partial charge in [0.25, 0.3) is 0 Å². The van der Waals surface area contributed by atoms with E-state index in [9.17, 15) is 20.1 Å². The monoisotopic (exact) mass is 279 g/mol. The lowest BCUT2D eigenvalue weighted by Gasteiger charge is -2.28. The molecule has 1 aromatic rings. The summed E-state index contributed by atoms with van der Waals surface area (Å²) in [6.45, 7) is 0.648. The zero-order valence-corrected chi connectivity index (χ0v) is 11.7. The predicted molar refractivity (Wildman–Crippen MR) is 75.0 cm³/mol. The number of aliphatic hydroxyl groups is 1. The van der Waals surface area contributed by atoms with Gasteiger partial charge >= 0.3 is 0 Å². The molecule has 0 spiro atoms. The number of nitrogens with zero attached hydrogens (tertiary/aromatic N) is 1. The highest BCUT2D eigenvalue weighted by molar-refractivity contribution is 5.98. The van der Waals surface area contributed by atoms with Gasteiger partial charge in [0.05, 0.1) is 12.1 Å². The Hall–Kier alpha value is -1.59. The van der Waals surface area contributed by atoms with Gasteiger partial charge in [0.1, 0.15) is 0 Å². The van der Waals surface area contributed by atoms with Crippen molar-refractivity contribution < 1.29 is 20.1 Å². The Balaban J connectivity index is 1.94. The third-order valence-electron chi connectivity index (χ3n) is 3.81. The molecule has 20 heavy (non-hydrogen) atoms. The van der Waals surface area contributed by atoms with E-state index in [-0.39, 0.29) is 23.8 Å². The summed E-state index contributed by atoms with van der Waals surface area (Å²) in [6, 6.07) is 4.04. The zero-order chi connectivity index (χ0) is 14.8. The topological polar surface area (TPSA) is 81.0 Å². The molecule has 0 atom stereocenters. The predicted octanol–water partition coefficient (Wildman–Crippen LogP) is 1.52. The molecule has 0 radical (unpaired) electrons. The highest BCUT2D eigenvalue weighted by Crippen LogP contribution is 2.30. The number of phenols is 2. The van der Waals surface area contributed by atoms with Crippen molar-refractivity contribution in [2.24, 2.45) is 0 Å². The van der Waals surface area contributed by atoms with Gasteiger partial charge in [0.2, 0.25) is 0 Å². The van der Waals surface area contributed by atoms with Gasteiger partial charge in [0, 0.05) is 12.1 Å². The van der Waals surface area contributed by atoms with Crippen LogP contribution in [0.4, 0.5) is 0 Å². The lowest BCUT2D eigenvalue weighted by atomic mass is 10.0. The molecule has 0 aromatic heterocycles. The highest BCUT2D eigenvalue weighted by atomic mass is 16.3. The van der Waals surface area contributed by atoms with Gasteiger partial charge in [-0.1, -0.05) is 12.8 Å². The number of Topliss-reactive ketones (excluding diaryl/α,β-unsaturated/α-hetero) is 1. The van der Waals surface area contributed by atoms with Crippen molar-refractivity contribution in [2.45, 2.75) is 31.3 Å². The molecule has 110 valence electrons. The lowest BCUT2D eigenvalue weighted by molar-refractivity contribution is 0.0172. The number of aromatic hydroxyl groups is 2. The first-order valence-electron chi connectivity index (χ1n) is 6.86. The number of likely N-dealkylation sites (N-methyl/N-ethyl adjacent to an activating group) is 1. The average molecular weight is 279 g/mol. The first kappa shape index (κ1) is 14.8. The van der Waals surface area contributed by atoms with Crippen molar-refractivity contribution in [3.8, 4) is 11.5 Å². The molecule has 5 heteroatoms. The van der Waals surface area contributed by atoms with Gasteiger partial charge in [-0.3, -0.25) is 9.69 Å². The molecule has 1 aromatic carbocycles. The second-order valence-electron chi connectivity index (χ2n) is 5.73. The molecule has 1 saturated carbocycles. The molecule has 0 unspecified atom stereocenters. The van der Waals surface area contributed by atoms with E-state index in [0.717, 1.165) is 25.7 Å². The summed E-state index contributed by atoms with van der Waals surface area (Å²) in [6.07, 6.45) is 3.63. The van der Waals surface area contributed by atoms with Crippen LogP contribution in [0.3, 0.4) is 0 Å². The minimum Gasteiger partial charge on any atom is -0.504 e. The molecular weight excluding hydrogens is 258 g/mol.